The van der Waals surface area contributed by atoms with Gasteiger partial charge in [-0.15, -0.1) is 0 Å². The number of benzene rings is 2. The largest absolute Gasteiger partial charge is 0.469 e. The van der Waals surface area contributed by atoms with E-state index >= 15 is 0 Å². The SMILES string of the molecule is CC(C)(C)[C@@H]1NC(=O)[C@@H](N)Cc2ccc3c(c2)[C@@]2(c4cc(F)ccc4N[C@@H]2O3)c2oc1nc2-c1nc(C=O)co1. The standard InChI is InChI=1S/C29H26FN5O5/c1-28(2,3)22-26-34-21(25-32-15(11-36)12-38-25)23(40-26)29-16-10-14(30)5-6-19(16)33-27(29)39-20-7-4-13(8-17(20)29)9-18(31)24(37)35-22/h4-8,10-12,18,22,27,33H,9,31H2,1-3H3,(H,35,37)/t18-,22+,27+,29-/m0/s1. The summed E-state index contributed by atoms with van der Waals surface area (Å²) in [6.07, 6.45) is 1.33. The van der Waals surface area contributed by atoms with Crippen molar-refractivity contribution < 1.29 is 27.6 Å². The first kappa shape index (κ1) is 24.5. The molecule has 1 spiro atoms. The molecule has 1 amide bonds. The molecule has 40 heavy (non-hydrogen) atoms. The summed E-state index contributed by atoms with van der Waals surface area (Å²) in [6, 6.07) is 8.51. The first-order valence-electron chi connectivity index (χ1n) is 12.9. The molecule has 0 saturated carbocycles. The molecule has 4 N–H and O–H groups in total. The van der Waals surface area contributed by atoms with Crippen LogP contribution < -0.4 is 21.1 Å². The van der Waals surface area contributed by atoms with Crippen molar-refractivity contribution >= 4 is 17.9 Å². The number of ether oxygens (including phenoxy) is 1. The zero-order valence-electron chi connectivity index (χ0n) is 21.9. The Hall–Kier alpha value is -4.51. The average molecular weight is 544 g/mol. The number of hydrogen-bond donors (Lipinski definition) is 3. The zero-order chi connectivity index (χ0) is 28.0. The molecule has 11 heteroatoms. The van der Waals surface area contributed by atoms with Crippen molar-refractivity contribution in [1.82, 2.24) is 15.3 Å². The number of carbonyl (C=O) groups excluding carboxylic acids is 2. The van der Waals surface area contributed by atoms with Gasteiger partial charge in [0.15, 0.2) is 24.0 Å². The normalized spacial score (nSPS) is 24.6. The summed E-state index contributed by atoms with van der Waals surface area (Å²) in [5, 5.41) is 6.40. The fourth-order valence-electron chi connectivity index (χ4n) is 5.94. The number of rotatable bonds is 2. The van der Waals surface area contributed by atoms with Gasteiger partial charge in [0.1, 0.15) is 35.0 Å². The van der Waals surface area contributed by atoms with E-state index in [0.717, 1.165) is 5.56 Å². The van der Waals surface area contributed by atoms with E-state index in [2.05, 4.69) is 15.6 Å². The number of halogens is 1. The van der Waals surface area contributed by atoms with Crippen LogP contribution in [-0.2, 0) is 16.6 Å². The highest BCUT2D eigenvalue weighted by Gasteiger charge is 2.61. The van der Waals surface area contributed by atoms with Crippen molar-refractivity contribution in [2.75, 3.05) is 5.32 Å². The third-order valence-corrected chi connectivity index (χ3v) is 7.84. The van der Waals surface area contributed by atoms with Crippen molar-refractivity contribution in [3.8, 4) is 17.3 Å². The molecule has 0 unspecified atom stereocenters. The van der Waals surface area contributed by atoms with Gasteiger partial charge in [-0.25, -0.2) is 14.4 Å². The number of carbonyl (C=O) groups is 2. The van der Waals surface area contributed by atoms with Crippen LogP contribution in [0.2, 0.25) is 0 Å². The highest BCUT2D eigenvalue weighted by Crippen LogP contribution is 2.59. The Bertz CT molecular complexity index is 1700. The number of aldehydes is 1. The molecule has 4 bridgehead atoms. The second kappa shape index (κ2) is 8.25. The van der Waals surface area contributed by atoms with Gasteiger partial charge in [0.2, 0.25) is 17.7 Å². The zero-order valence-corrected chi connectivity index (χ0v) is 21.9. The van der Waals surface area contributed by atoms with Crippen LogP contribution in [0.25, 0.3) is 11.6 Å². The Morgan fingerprint density at radius 3 is 2.70 bits per heavy atom. The van der Waals surface area contributed by atoms with Crippen LogP contribution in [0.4, 0.5) is 10.1 Å². The van der Waals surface area contributed by atoms with E-state index in [1.165, 1.54) is 18.4 Å². The maximum atomic E-state index is 14.9. The lowest BCUT2D eigenvalue weighted by Crippen LogP contribution is -2.46. The van der Waals surface area contributed by atoms with Gasteiger partial charge < -0.3 is 29.9 Å². The van der Waals surface area contributed by atoms with E-state index in [0.29, 0.717) is 28.8 Å². The van der Waals surface area contributed by atoms with Crippen LogP contribution in [0.1, 0.15) is 65.6 Å². The summed E-state index contributed by atoms with van der Waals surface area (Å²) in [6.45, 7) is 5.82. The van der Waals surface area contributed by atoms with Crippen molar-refractivity contribution in [3.05, 3.63) is 82.5 Å². The summed E-state index contributed by atoms with van der Waals surface area (Å²) in [4.78, 5) is 33.9. The second-order valence-electron chi connectivity index (χ2n) is 11.5. The van der Waals surface area contributed by atoms with Crippen molar-refractivity contribution in [2.45, 2.75) is 50.9 Å². The predicted octanol–water partition coefficient (Wildman–Crippen LogP) is 3.85. The summed E-state index contributed by atoms with van der Waals surface area (Å²) in [5.74, 6) is 0.276. The smallest absolute Gasteiger partial charge is 0.249 e. The van der Waals surface area contributed by atoms with Crippen molar-refractivity contribution in [2.24, 2.45) is 11.1 Å². The molecule has 2 aromatic carbocycles. The topological polar surface area (TPSA) is 146 Å². The number of anilines is 1. The Morgan fingerprint density at radius 2 is 1.95 bits per heavy atom. The second-order valence-corrected chi connectivity index (χ2v) is 11.5. The monoisotopic (exact) mass is 543 g/mol. The molecule has 0 radical (unpaired) electrons. The fourth-order valence-corrected chi connectivity index (χ4v) is 5.94. The van der Waals surface area contributed by atoms with Gasteiger partial charge in [0, 0.05) is 16.8 Å². The molecule has 10 nitrogen and oxygen atoms in total. The molecule has 0 fully saturated rings. The Labute approximate surface area is 228 Å². The molecule has 2 aromatic heterocycles. The average Bonchev–Trinajstić information content (AvgIpc) is 3.66. The molecule has 0 aliphatic carbocycles. The molecule has 4 aromatic rings. The Morgan fingerprint density at radius 1 is 1.12 bits per heavy atom. The van der Waals surface area contributed by atoms with Crippen LogP contribution in [0.5, 0.6) is 5.75 Å². The van der Waals surface area contributed by atoms with Gasteiger partial charge >= 0.3 is 0 Å². The summed E-state index contributed by atoms with van der Waals surface area (Å²) < 4.78 is 33.7. The lowest BCUT2D eigenvalue weighted by atomic mass is 9.72. The van der Waals surface area contributed by atoms with Gasteiger partial charge in [-0.2, -0.15) is 0 Å². The molecule has 4 atom stereocenters. The van der Waals surface area contributed by atoms with E-state index in [9.17, 15) is 14.0 Å². The minimum Gasteiger partial charge on any atom is -0.469 e. The Balaban J connectivity index is 1.60. The van der Waals surface area contributed by atoms with Crippen molar-refractivity contribution in [3.63, 3.8) is 0 Å². The predicted molar refractivity (Wildman–Crippen MR) is 140 cm³/mol. The van der Waals surface area contributed by atoms with Gasteiger partial charge in [0.05, 0.1) is 6.04 Å². The maximum absolute atomic E-state index is 14.9. The van der Waals surface area contributed by atoms with Crippen LogP contribution >= 0.6 is 0 Å². The number of hydrogen-bond acceptors (Lipinski definition) is 9. The third-order valence-electron chi connectivity index (χ3n) is 7.84. The molecular formula is C29H26FN5O5. The van der Waals surface area contributed by atoms with Gasteiger partial charge in [0.25, 0.3) is 0 Å². The number of nitrogens with zero attached hydrogens (tertiary/aromatic N) is 2. The number of oxazole rings is 2. The van der Waals surface area contributed by atoms with E-state index < -0.39 is 35.0 Å². The molecular weight excluding hydrogens is 517 g/mol. The quantitative estimate of drug-likeness (QED) is 0.321. The lowest BCUT2D eigenvalue weighted by molar-refractivity contribution is -0.124. The van der Waals surface area contributed by atoms with E-state index in [-0.39, 0.29) is 41.3 Å². The molecule has 0 saturated heterocycles. The fraction of sp³-hybridized carbons (Fsp3) is 0.310. The Kier molecular flexibility index (Phi) is 5.06. The number of aromatic nitrogens is 2. The van der Waals surface area contributed by atoms with Gasteiger partial charge in [-0.05, 0) is 41.7 Å². The van der Waals surface area contributed by atoms with E-state index in [1.54, 1.807) is 6.07 Å². The maximum Gasteiger partial charge on any atom is 0.249 e. The van der Waals surface area contributed by atoms with Crippen LogP contribution in [0, 0.1) is 11.2 Å². The van der Waals surface area contributed by atoms with Crippen LogP contribution in [0.15, 0.2) is 51.5 Å². The molecule has 3 aliphatic heterocycles. The lowest BCUT2D eigenvalue weighted by Gasteiger charge is -2.31. The highest BCUT2D eigenvalue weighted by molar-refractivity contribution is 5.83. The highest BCUT2D eigenvalue weighted by atomic mass is 19.1. The van der Waals surface area contributed by atoms with Gasteiger partial charge in [-0.1, -0.05) is 32.9 Å². The number of nitrogens with two attached hydrogens (primary N) is 1. The van der Waals surface area contributed by atoms with E-state index in [4.69, 9.17) is 24.3 Å². The van der Waals surface area contributed by atoms with E-state index in [1.807, 2.05) is 39.0 Å². The van der Waals surface area contributed by atoms with Crippen LogP contribution in [0.3, 0.4) is 0 Å². The summed E-state index contributed by atoms with van der Waals surface area (Å²) >= 11 is 0. The summed E-state index contributed by atoms with van der Waals surface area (Å²) in [5.41, 5.74) is 7.63. The summed E-state index contributed by atoms with van der Waals surface area (Å²) in [7, 11) is 0. The van der Waals surface area contributed by atoms with Gasteiger partial charge in [-0.3, -0.25) is 9.59 Å². The number of nitrogens with one attached hydrogen (secondary N) is 2. The third kappa shape index (κ3) is 3.37. The molecule has 3 aliphatic rings. The van der Waals surface area contributed by atoms with Crippen LogP contribution in [-0.4, -0.2) is 34.4 Å². The molecule has 204 valence electrons. The number of fused-ring (bicyclic) bond motifs is 4. The minimum absolute atomic E-state index is 0.0419. The molecule has 5 heterocycles. The number of amides is 1. The minimum atomic E-state index is -1.21. The van der Waals surface area contributed by atoms with Crippen molar-refractivity contribution in [1.29, 1.82) is 0 Å². The first-order valence-corrected chi connectivity index (χ1v) is 12.9. The first-order chi connectivity index (χ1) is 19.1. The molecule has 7 rings (SSSR count).